The van der Waals surface area contributed by atoms with Gasteiger partial charge in [0.05, 0.1) is 38.2 Å². The molecule has 0 spiro atoms. The SMILES string of the molecule is COc1ccc(-c2c(C(=O)O)c(=O)n(Cc3ccccc3OC)c3c2oc2cc(N(C)S(C)(=O)=O)ccc23)cc1. The van der Waals surface area contributed by atoms with Crippen molar-refractivity contribution in [3.05, 3.63) is 88.2 Å². The lowest BCUT2D eigenvalue weighted by Gasteiger charge is -2.16. The van der Waals surface area contributed by atoms with Crippen LogP contribution in [-0.4, -0.2) is 51.6 Å². The predicted octanol–water partition coefficient (Wildman–Crippen LogP) is 4.57. The van der Waals surface area contributed by atoms with Crippen molar-refractivity contribution in [2.45, 2.75) is 6.54 Å². The molecular formula is C29H26N2O8S. The number of fused-ring (bicyclic) bond motifs is 3. The molecular weight excluding hydrogens is 536 g/mol. The molecule has 0 unspecified atom stereocenters. The van der Waals surface area contributed by atoms with Gasteiger partial charge in [0.2, 0.25) is 10.0 Å². The van der Waals surface area contributed by atoms with Gasteiger partial charge in [0.1, 0.15) is 22.6 Å². The maximum Gasteiger partial charge on any atom is 0.342 e. The molecule has 5 aromatic rings. The molecule has 11 heteroatoms. The highest BCUT2D eigenvalue weighted by Gasteiger charge is 2.28. The smallest absolute Gasteiger partial charge is 0.342 e. The molecule has 2 heterocycles. The van der Waals surface area contributed by atoms with E-state index in [1.54, 1.807) is 66.7 Å². The number of carboxylic acid groups (broad SMARTS) is 1. The summed E-state index contributed by atoms with van der Waals surface area (Å²) in [6.45, 7) is 0.00213. The number of benzene rings is 3. The highest BCUT2D eigenvalue weighted by atomic mass is 32.2. The molecule has 0 saturated heterocycles. The molecule has 0 amide bonds. The van der Waals surface area contributed by atoms with Crippen LogP contribution in [0.15, 0.2) is 75.9 Å². The Morgan fingerprint density at radius 1 is 1.02 bits per heavy atom. The van der Waals surface area contributed by atoms with E-state index in [0.29, 0.717) is 39.2 Å². The fourth-order valence-corrected chi connectivity index (χ4v) is 5.24. The molecule has 0 radical (unpaired) electrons. The first kappa shape index (κ1) is 26.8. The minimum absolute atomic E-state index is 0.00213. The number of ether oxygens (including phenoxy) is 2. The van der Waals surface area contributed by atoms with Gasteiger partial charge in [-0.1, -0.05) is 30.3 Å². The number of sulfonamides is 1. The van der Waals surface area contributed by atoms with Gasteiger partial charge in [-0.3, -0.25) is 13.7 Å². The number of pyridine rings is 1. The van der Waals surface area contributed by atoms with E-state index in [4.69, 9.17) is 13.9 Å². The van der Waals surface area contributed by atoms with Gasteiger partial charge >= 0.3 is 5.97 Å². The van der Waals surface area contributed by atoms with Gasteiger partial charge in [-0.05, 0) is 35.9 Å². The van der Waals surface area contributed by atoms with Crippen LogP contribution in [0.2, 0.25) is 0 Å². The second-order valence-corrected chi connectivity index (χ2v) is 11.2. The number of para-hydroxylation sites is 1. The van der Waals surface area contributed by atoms with Gasteiger partial charge in [-0.25, -0.2) is 13.2 Å². The fourth-order valence-electron chi connectivity index (χ4n) is 4.74. The van der Waals surface area contributed by atoms with E-state index in [-0.39, 0.29) is 23.3 Å². The summed E-state index contributed by atoms with van der Waals surface area (Å²) in [6, 6.07) is 18.6. The number of anilines is 1. The average molecular weight is 563 g/mol. The Morgan fingerprint density at radius 2 is 1.73 bits per heavy atom. The molecule has 0 bridgehead atoms. The molecule has 0 saturated carbocycles. The Bertz CT molecular complexity index is 1940. The third-order valence-electron chi connectivity index (χ3n) is 6.83. The summed E-state index contributed by atoms with van der Waals surface area (Å²) in [6.07, 6.45) is 1.08. The summed E-state index contributed by atoms with van der Waals surface area (Å²) in [4.78, 5) is 26.6. The maximum absolute atomic E-state index is 14.0. The van der Waals surface area contributed by atoms with E-state index in [1.807, 2.05) is 0 Å². The first-order valence-corrected chi connectivity index (χ1v) is 14.0. The lowest BCUT2D eigenvalue weighted by atomic mass is 9.98. The van der Waals surface area contributed by atoms with Gasteiger partial charge in [-0.2, -0.15) is 0 Å². The van der Waals surface area contributed by atoms with Crippen LogP contribution in [0.3, 0.4) is 0 Å². The van der Waals surface area contributed by atoms with E-state index >= 15 is 0 Å². The number of carbonyl (C=O) groups is 1. The normalized spacial score (nSPS) is 11.6. The molecule has 3 aromatic carbocycles. The number of carboxylic acids is 1. The summed E-state index contributed by atoms with van der Waals surface area (Å²) < 4.78 is 43.8. The second kappa shape index (κ2) is 10.1. The van der Waals surface area contributed by atoms with Gasteiger partial charge < -0.3 is 19.0 Å². The highest BCUT2D eigenvalue weighted by molar-refractivity contribution is 7.92. The highest BCUT2D eigenvalue weighted by Crippen LogP contribution is 2.39. The minimum Gasteiger partial charge on any atom is -0.497 e. The molecule has 0 atom stereocenters. The van der Waals surface area contributed by atoms with Crippen LogP contribution < -0.4 is 19.3 Å². The first-order chi connectivity index (χ1) is 19.0. The molecule has 2 aromatic heterocycles. The zero-order chi connectivity index (χ0) is 28.8. The lowest BCUT2D eigenvalue weighted by Crippen LogP contribution is -2.28. The summed E-state index contributed by atoms with van der Waals surface area (Å²) in [5, 5.41) is 10.8. The summed E-state index contributed by atoms with van der Waals surface area (Å²) in [5.74, 6) is -0.326. The molecule has 206 valence electrons. The van der Waals surface area contributed by atoms with Crippen molar-refractivity contribution in [1.82, 2.24) is 4.57 Å². The minimum atomic E-state index is -3.56. The standard InChI is InChI=1S/C29H26N2O8S/c1-30(40(4,35)36)19-11-14-21-23(15-19)39-27-24(17-9-12-20(37-2)13-10-17)25(29(33)34)28(32)31(26(21)27)16-18-7-5-6-8-22(18)38-3/h5-15H,16H2,1-4H3,(H,33,34). The van der Waals surface area contributed by atoms with Crippen LogP contribution in [0.4, 0.5) is 5.69 Å². The lowest BCUT2D eigenvalue weighted by molar-refractivity contribution is 0.0695. The van der Waals surface area contributed by atoms with Crippen LogP contribution in [0.25, 0.3) is 33.2 Å². The van der Waals surface area contributed by atoms with Gasteiger partial charge in [0, 0.05) is 29.6 Å². The number of aromatic carboxylic acids is 1. The fraction of sp³-hybridized carbons (Fsp3) is 0.172. The van der Waals surface area contributed by atoms with Crippen molar-refractivity contribution in [3.63, 3.8) is 0 Å². The third-order valence-corrected chi connectivity index (χ3v) is 8.03. The first-order valence-electron chi connectivity index (χ1n) is 12.1. The molecule has 0 aliphatic carbocycles. The molecule has 5 rings (SSSR count). The monoisotopic (exact) mass is 562 g/mol. The number of hydrogen-bond donors (Lipinski definition) is 1. The number of aromatic nitrogens is 1. The zero-order valence-electron chi connectivity index (χ0n) is 22.2. The van der Waals surface area contributed by atoms with Crippen LogP contribution in [0, 0.1) is 0 Å². The summed E-state index contributed by atoms with van der Waals surface area (Å²) >= 11 is 0. The van der Waals surface area contributed by atoms with Gasteiger partial charge in [0.25, 0.3) is 5.56 Å². The van der Waals surface area contributed by atoms with Crippen LogP contribution in [0.5, 0.6) is 11.5 Å². The van der Waals surface area contributed by atoms with E-state index in [0.717, 1.165) is 10.6 Å². The second-order valence-electron chi connectivity index (χ2n) is 9.18. The van der Waals surface area contributed by atoms with Crippen molar-refractivity contribution in [1.29, 1.82) is 0 Å². The zero-order valence-corrected chi connectivity index (χ0v) is 23.0. The molecule has 40 heavy (non-hydrogen) atoms. The number of methoxy groups -OCH3 is 2. The Morgan fingerprint density at radius 3 is 2.35 bits per heavy atom. The Hall–Kier alpha value is -4.77. The molecule has 0 aliphatic heterocycles. The van der Waals surface area contributed by atoms with E-state index in [2.05, 4.69) is 0 Å². The van der Waals surface area contributed by atoms with Crippen LogP contribution >= 0.6 is 0 Å². The maximum atomic E-state index is 14.0. The predicted molar refractivity (Wildman–Crippen MR) is 152 cm³/mol. The van der Waals surface area contributed by atoms with Crippen molar-refractivity contribution in [3.8, 4) is 22.6 Å². The van der Waals surface area contributed by atoms with Crippen molar-refractivity contribution < 1.29 is 32.2 Å². The Kier molecular flexibility index (Phi) is 6.76. The molecule has 0 aliphatic rings. The quantitative estimate of drug-likeness (QED) is 0.291. The van der Waals surface area contributed by atoms with E-state index in [9.17, 15) is 23.1 Å². The summed E-state index contributed by atoms with van der Waals surface area (Å²) in [7, 11) is 0.885. The van der Waals surface area contributed by atoms with Gasteiger partial charge in [-0.15, -0.1) is 0 Å². The third kappa shape index (κ3) is 4.54. The topological polar surface area (TPSA) is 128 Å². The van der Waals surface area contributed by atoms with E-state index < -0.39 is 27.1 Å². The number of rotatable bonds is 8. The Balaban J connectivity index is 1.91. The number of hydrogen-bond acceptors (Lipinski definition) is 7. The van der Waals surface area contributed by atoms with Gasteiger partial charge in [0.15, 0.2) is 5.58 Å². The van der Waals surface area contributed by atoms with Crippen molar-refractivity contribution >= 4 is 43.7 Å². The molecule has 1 N–H and O–H groups in total. The molecule has 10 nitrogen and oxygen atoms in total. The van der Waals surface area contributed by atoms with E-state index in [1.165, 1.54) is 25.8 Å². The largest absolute Gasteiger partial charge is 0.497 e. The Labute approximate surface area is 229 Å². The average Bonchev–Trinajstić information content (AvgIpc) is 3.31. The van der Waals surface area contributed by atoms with Crippen LogP contribution in [0.1, 0.15) is 15.9 Å². The summed E-state index contributed by atoms with van der Waals surface area (Å²) in [5.41, 5.74) is 1.20. The van der Waals surface area contributed by atoms with Crippen molar-refractivity contribution in [2.24, 2.45) is 0 Å². The molecule has 0 fully saturated rings. The number of nitrogens with zero attached hydrogens (tertiary/aromatic N) is 2. The van der Waals surface area contributed by atoms with Crippen molar-refractivity contribution in [2.75, 3.05) is 31.8 Å². The number of furan rings is 1. The van der Waals surface area contributed by atoms with Crippen LogP contribution in [-0.2, 0) is 16.6 Å².